The Morgan fingerprint density at radius 3 is 2.11 bits per heavy atom. The molecule has 0 radical (unpaired) electrons. The van der Waals surface area contributed by atoms with E-state index in [1.807, 2.05) is 0 Å². The standard InChI is InChI=1S/C26H23NS/c1-3-10-25-23(8-1)24-9-2-4-11-26(24)27(25)20-14-12-18(13-15-20)19-16-21-6-5-7-22(17-19)28-21/h1-4,8-16,21-22H,5-7,17H2. The Kier molecular flexibility index (Phi) is 3.87. The number of allylic oxidation sites excluding steroid dienone is 1. The van der Waals surface area contributed by atoms with Crippen molar-refractivity contribution in [3.05, 3.63) is 84.4 Å². The van der Waals surface area contributed by atoms with Crippen LogP contribution in [0, 0.1) is 0 Å². The van der Waals surface area contributed by atoms with Crippen LogP contribution in [0.25, 0.3) is 33.1 Å². The van der Waals surface area contributed by atoms with Gasteiger partial charge in [0.15, 0.2) is 0 Å². The zero-order chi connectivity index (χ0) is 18.5. The van der Waals surface area contributed by atoms with Gasteiger partial charge in [-0.3, -0.25) is 0 Å². The van der Waals surface area contributed by atoms with Crippen LogP contribution in [0.4, 0.5) is 0 Å². The third kappa shape index (κ3) is 2.62. The van der Waals surface area contributed by atoms with E-state index in [1.165, 1.54) is 58.7 Å². The van der Waals surface area contributed by atoms with Crippen LogP contribution in [-0.4, -0.2) is 15.1 Å². The van der Waals surface area contributed by atoms with Crippen LogP contribution >= 0.6 is 11.8 Å². The Balaban J connectivity index is 1.45. The molecule has 0 saturated carbocycles. The Morgan fingerprint density at radius 2 is 1.43 bits per heavy atom. The molecule has 2 aliphatic rings. The molecular weight excluding hydrogens is 358 g/mol. The maximum Gasteiger partial charge on any atom is 0.0541 e. The van der Waals surface area contributed by atoms with Crippen molar-refractivity contribution in [2.45, 2.75) is 36.2 Å². The molecule has 2 aliphatic heterocycles. The number of hydrogen-bond donors (Lipinski definition) is 0. The van der Waals surface area contributed by atoms with E-state index < -0.39 is 0 Å². The molecule has 2 unspecified atom stereocenters. The lowest BCUT2D eigenvalue weighted by atomic mass is 9.93. The fraction of sp³-hybridized carbons (Fsp3) is 0.231. The van der Waals surface area contributed by atoms with Gasteiger partial charge in [-0.15, -0.1) is 0 Å². The van der Waals surface area contributed by atoms with Crippen LogP contribution in [0.1, 0.15) is 31.2 Å². The summed E-state index contributed by atoms with van der Waals surface area (Å²) in [5.74, 6) is 0. The van der Waals surface area contributed by atoms with Gasteiger partial charge in [0.2, 0.25) is 0 Å². The maximum absolute atomic E-state index is 2.54. The predicted molar refractivity (Wildman–Crippen MR) is 122 cm³/mol. The molecule has 6 rings (SSSR count). The number of hydrogen-bond acceptors (Lipinski definition) is 1. The van der Waals surface area contributed by atoms with Crippen molar-refractivity contribution < 1.29 is 0 Å². The van der Waals surface area contributed by atoms with Crippen LogP contribution in [0.3, 0.4) is 0 Å². The van der Waals surface area contributed by atoms with Gasteiger partial charge in [-0.25, -0.2) is 0 Å². The van der Waals surface area contributed by atoms with Gasteiger partial charge in [-0.05, 0) is 54.7 Å². The molecule has 1 saturated heterocycles. The zero-order valence-electron chi connectivity index (χ0n) is 15.8. The van der Waals surface area contributed by atoms with Crippen LogP contribution in [0.2, 0.25) is 0 Å². The number of fused-ring (bicyclic) bond motifs is 5. The third-order valence-electron chi connectivity index (χ3n) is 6.29. The smallest absolute Gasteiger partial charge is 0.0541 e. The first-order chi connectivity index (χ1) is 13.9. The fourth-order valence-corrected chi connectivity index (χ4v) is 6.60. The highest BCUT2D eigenvalue weighted by Gasteiger charge is 2.27. The molecule has 2 heteroatoms. The van der Waals surface area contributed by atoms with E-state index >= 15 is 0 Å². The highest BCUT2D eigenvalue weighted by Crippen LogP contribution is 2.43. The van der Waals surface area contributed by atoms with Crippen LogP contribution < -0.4 is 0 Å². The molecule has 3 aromatic carbocycles. The normalized spacial score (nSPS) is 21.8. The summed E-state index contributed by atoms with van der Waals surface area (Å²) in [6.07, 6.45) is 7.91. The molecular formula is C26H23NS. The highest BCUT2D eigenvalue weighted by molar-refractivity contribution is 8.00. The number of para-hydroxylation sites is 2. The molecule has 0 aliphatic carbocycles. The largest absolute Gasteiger partial charge is 0.309 e. The summed E-state index contributed by atoms with van der Waals surface area (Å²) in [6, 6.07) is 26.7. The third-order valence-corrected chi connectivity index (χ3v) is 7.80. The number of aromatic nitrogens is 1. The summed E-state index contributed by atoms with van der Waals surface area (Å²) in [5.41, 5.74) is 6.76. The topological polar surface area (TPSA) is 4.93 Å². The number of nitrogens with zero attached hydrogens (tertiary/aromatic N) is 1. The second-order valence-electron chi connectivity index (χ2n) is 8.04. The van der Waals surface area contributed by atoms with E-state index in [2.05, 4.69) is 95.2 Å². The van der Waals surface area contributed by atoms with E-state index in [4.69, 9.17) is 0 Å². The fourth-order valence-electron chi connectivity index (χ4n) is 4.98. The minimum Gasteiger partial charge on any atom is -0.309 e. The van der Waals surface area contributed by atoms with Crippen molar-refractivity contribution in [1.29, 1.82) is 0 Å². The summed E-state index contributed by atoms with van der Waals surface area (Å²) < 4.78 is 2.40. The van der Waals surface area contributed by atoms with E-state index in [0.717, 1.165) is 10.5 Å². The van der Waals surface area contributed by atoms with Gasteiger partial charge < -0.3 is 4.57 Å². The molecule has 0 amide bonds. The maximum atomic E-state index is 2.54. The lowest BCUT2D eigenvalue weighted by Gasteiger charge is -2.33. The van der Waals surface area contributed by atoms with Crippen molar-refractivity contribution >= 4 is 39.1 Å². The Morgan fingerprint density at radius 1 is 0.750 bits per heavy atom. The van der Waals surface area contributed by atoms with E-state index in [-0.39, 0.29) is 0 Å². The lowest BCUT2D eigenvalue weighted by molar-refractivity contribution is 0.630. The van der Waals surface area contributed by atoms with Gasteiger partial charge in [0.1, 0.15) is 0 Å². The molecule has 1 fully saturated rings. The molecule has 4 aromatic rings. The number of benzene rings is 3. The van der Waals surface area contributed by atoms with Gasteiger partial charge in [0.25, 0.3) is 0 Å². The van der Waals surface area contributed by atoms with Crippen molar-refractivity contribution in [2.24, 2.45) is 0 Å². The van der Waals surface area contributed by atoms with Gasteiger partial charge >= 0.3 is 0 Å². The first-order valence-corrected chi connectivity index (χ1v) is 11.3. The van der Waals surface area contributed by atoms with Crippen LogP contribution in [-0.2, 0) is 0 Å². The van der Waals surface area contributed by atoms with E-state index in [9.17, 15) is 0 Å². The van der Waals surface area contributed by atoms with Gasteiger partial charge in [-0.1, -0.05) is 61.0 Å². The lowest BCUT2D eigenvalue weighted by Crippen LogP contribution is -2.21. The minimum atomic E-state index is 0.736. The van der Waals surface area contributed by atoms with Crippen molar-refractivity contribution in [3.8, 4) is 5.69 Å². The zero-order valence-corrected chi connectivity index (χ0v) is 16.7. The Hall–Kier alpha value is -2.45. The van der Waals surface area contributed by atoms with Crippen molar-refractivity contribution in [2.75, 3.05) is 0 Å². The molecule has 28 heavy (non-hydrogen) atoms. The summed E-state index contributed by atoms with van der Waals surface area (Å²) in [7, 11) is 0. The number of rotatable bonds is 2. The number of thioether (sulfide) groups is 1. The molecule has 1 nitrogen and oxygen atoms in total. The monoisotopic (exact) mass is 381 g/mol. The van der Waals surface area contributed by atoms with Crippen molar-refractivity contribution in [3.63, 3.8) is 0 Å². The molecule has 138 valence electrons. The van der Waals surface area contributed by atoms with Crippen molar-refractivity contribution in [1.82, 2.24) is 4.57 Å². The first kappa shape index (κ1) is 16.5. The summed E-state index contributed by atoms with van der Waals surface area (Å²) in [4.78, 5) is 0. The molecule has 2 atom stereocenters. The highest BCUT2D eigenvalue weighted by atomic mass is 32.2. The van der Waals surface area contributed by atoms with Gasteiger partial charge in [0, 0.05) is 27.0 Å². The van der Waals surface area contributed by atoms with Crippen LogP contribution in [0.5, 0.6) is 0 Å². The quantitative estimate of drug-likeness (QED) is 0.355. The van der Waals surface area contributed by atoms with E-state index in [1.54, 1.807) is 5.57 Å². The van der Waals surface area contributed by atoms with Gasteiger partial charge in [-0.2, -0.15) is 11.8 Å². The Labute approximate surface area is 170 Å². The molecule has 1 aromatic heterocycles. The summed E-state index contributed by atoms with van der Waals surface area (Å²) in [5, 5.41) is 4.21. The second kappa shape index (κ2) is 6.56. The molecule has 0 spiro atoms. The molecule has 0 N–H and O–H groups in total. The van der Waals surface area contributed by atoms with E-state index in [0.29, 0.717) is 0 Å². The molecule has 2 bridgehead atoms. The minimum absolute atomic E-state index is 0.736. The summed E-state index contributed by atoms with van der Waals surface area (Å²) in [6.45, 7) is 0. The average Bonchev–Trinajstić information content (AvgIpc) is 3.08. The summed E-state index contributed by atoms with van der Waals surface area (Å²) >= 11 is 2.20. The second-order valence-corrected chi connectivity index (χ2v) is 9.58. The average molecular weight is 382 g/mol. The SMILES string of the molecule is C1=C(c2ccc(-n3c4ccccc4c4ccccc43)cc2)CC2CCCC1S2. The first-order valence-electron chi connectivity index (χ1n) is 10.3. The Bertz CT molecular complexity index is 1150. The molecule has 3 heterocycles. The van der Waals surface area contributed by atoms with Gasteiger partial charge in [0.05, 0.1) is 11.0 Å². The predicted octanol–water partition coefficient (Wildman–Crippen LogP) is 7.23. The van der Waals surface area contributed by atoms with Crippen LogP contribution in [0.15, 0.2) is 78.9 Å².